The quantitative estimate of drug-likeness (QED) is 0.864. The van der Waals surface area contributed by atoms with Crippen LogP contribution in [0.15, 0.2) is 18.2 Å². The minimum absolute atomic E-state index is 0.0851. The zero-order chi connectivity index (χ0) is 16.4. The zero-order valence-corrected chi connectivity index (χ0v) is 14.0. The minimum Gasteiger partial charge on any atom is -0.504 e. The monoisotopic (exact) mass is 326 g/mol. The van der Waals surface area contributed by atoms with Gasteiger partial charge in [0.25, 0.3) is 0 Å². The predicted molar refractivity (Wildman–Crippen MR) is 91.4 cm³/mol. The molecule has 2 aromatic rings. The first kappa shape index (κ1) is 15.6. The van der Waals surface area contributed by atoms with Crippen LogP contribution in [0.1, 0.15) is 34.5 Å². The highest BCUT2D eigenvalue weighted by atomic mass is 32.1. The molecule has 1 aliphatic rings. The van der Waals surface area contributed by atoms with E-state index < -0.39 is 0 Å². The Balaban J connectivity index is 1.95. The van der Waals surface area contributed by atoms with Crippen LogP contribution in [0.5, 0.6) is 11.5 Å². The van der Waals surface area contributed by atoms with E-state index in [4.69, 9.17) is 4.74 Å². The second-order valence-electron chi connectivity index (χ2n) is 5.84. The first-order chi connectivity index (χ1) is 11.1. The molecule has 0 aliphatic heterocycles. The summed E-state index contributed by atoms with van der Waals surface area (Å²) in [5.74, 6) is 1.16. The first-order valence-electron chi connectivity index (χ1n) is 7.58. The third kappa shape index (κ3) is 3.22. The third-order valence-electron chi connectivity index (χ3n) is 4.05. The lowest BCUT2D eigenvalue weighted by molar-refractivity contribution is 0.373. The molecule has 23 heavy (non-hydrogen) atoms. The summed E-state index contributed by atoms with van der Waals surface area (Å²) >= 11 is 1.62. The molecule has 0 fully saturated rings. The van der Waals surface area contributed by atoms with Gasteiger partial charge in [0.05, 0.1) is 18.4 Å². The Morgan fingerprint density at radius 2 is 2.35 bits per heavy atom. The van der Waals surface area contributed by atoms with E-state index in [2.05, 4.69) is 18.0 Å². The lowest BCUT2D eigenvalue weighted by atomic mass is 9.93. The molecule has 0 bridgehead atoms. The van der Waals surface area contributed by atoms with E-state index in [1.54, 1.807) is 35.6 Å². The van der Waals surface area contributed by atoms with Crippen LogP contribution in [0.4, 0.5) is 0 Å². The largest absolute Gasteiger partial charge is 0.504 e. The Morgan fingerprint density at radius 3 is 3.09 bits per heavy atom. The molecule has 1 heterocycles. The Labute approximate surface area is 139 Å². The molecule has 4 nitrogen and oxygen atoms in total. The van der Waals surface area contributed by atoms with Crippen LogP contribution in [-0.4, -0.2) is 17.2 Å². The summed E-state index contributed by atoms with van der Waals surface area (Å²) in [6, 6.07) is 7.27. The van der Waals surface area contributed by atoms with Crippen molar-refractivity contribution in [3.63, 3.8) is 0 Å². The summed E-state index contributed by atoms with van der Waals surface area (Å²) in [5, 5.41) is 19.9. The SMILES string of the molecule is COc1cc(C=C(C#N)c2nc3c(s2)CC(C)CC3)ccc1O. The van der Waals surface area contributed by atoms with E-state index in [-0.39, 0.29) is 5.75 Å². The minimum atomic E-state index is 0.0851. The van der Waals surface area contributed by atoms with Crippen molar-refractivity contribution in [2.45, 2.75) is 26.2 Å². The number of aryl methyl sites for hydroxylation is 1. The maximum atomic E-state index is 9.66. The van der Waals surface area contributed by atoms with Gasteiger partial charge < -0.3 is 9.84 Å². The molecule has 1 aromatic heterocycles. The molecule has 0 radical (unpaired) electrons. The molecule has 0 saturated heterocycles. The van der Waals surface area contributed by atoms with Gasteiger partial charge in [0.1, 0.15) is 11.1 Å². The van der Waals surface area contributed by atoms with E-state index in [1.165, 1.54) is 12.0 Å². The van der Waals surface area contributed by atoms with Gasteiger partial charge in [-0.25, -0.2) is 4.98 Å². The van der Waals surface area contributed by atoms with E-state index >= 15 is 0 Å². The summed E-state index contributed by atoms with van der Waals surface area (Å²) in [6.45, 7) is 2.26. The molecule has 1 N–H and O–H groups in total. The van der Waals surface area contributed by atoms with Crippen molar-refractivity contribution in [1.29, 1.82) is 5.26 Å². The van der Waals surface area contributed by atoms with Gasteiger partial charge in [-0.2, -0.15) is 5.26 Å². The van der Waals surface area contributed by atoms with Gasteiger partial charge >= 0.3 is 0 Å². The Bertz CT molecular complexity index is 802. The number of aromatic hydroxyl groups is 1. The summed E-state index contributed by atoms with van der Waals surface area (Å²) in [4.78, 5) is 5.97. The third-order valence-corrected chi connectivity index (χ3v) is 5.20. The summed E-state index contributed by atoms with van der Waals surface area (Å²) in [5.41, 5.74) is 2.50. The molecule has 1 unspecified atom stereocenters. The van der Waals surface area contributed by atoms with Crippen LogP contribution >= 0.6 is 11.3 Å². The molecule has 0 spiro atoms. The molecule has 0 amide bonds. The number of allylic oxidation sites excluding steroid dienone is 1. The fourth-order valence-electron chi connectivity index (χ4n) is 2.75. The maximum absolute atomic E-state index is 9.66. The normalized spacial score (nSPS) is 17.4. The van der Waals surface area contributed by atoms with Crippen LogP contribution in [0, 0.1) is 17.2 Å². The highest BCUT2D eigenvalue weighted by Crippen LogP contribution is 2.34. The van der Waals surface area contributed by atoms with Crippen molar-refractivity contribution in [3.8, 4) is 17.6 Å². The van der Waals surface area contributed by atoms with Crippen molar-refractivity contribution in [2.75, 3.05) is 7.11 Å². The van der Waals surface area contributed by atoms with Gasteiger partial charge in [0.2, 0.25) is 0 Å². The Kier molecular flexibility index (Phi) is 4.35. The first-order valence-corrected chi connectivity index (χ1v) is 8.40. The molecule has 1 aliphatic carbocycles. The molecule has 5 heteroatoms. The number of hydrogen-bond acceptors (Lipinski definition) is 5. The number of nitriles is 1. The van der Waals surface area contributed by atoms with Crippen molar-refractivity contribution >= 4 is 23.0 Å². The van der Waals surface area contributed by atoms with Crippen molar-refractivity contribution in [1.82, 2.24) is 4.98 Å². The van der Waals surface area contributed by atoms with Crippen molar-refractivity contribution in [3.05, 3.63) is 39.3 Å². The zero-order valence-electron chi connectivity index (χ0n) is 13.2. The van der Waals surface area contributed by atoms with Crippen molar-refractivity contribution < 1.29 is 9.84 Å². The number of hydrogen-bond donors (Lipinski definition) is 1. The number of aromatic nitrogens is 1. The molecular formula is C18H18N2O2S. The second-order valence-corrected chi connectivity index (χ2v) is 6.92. The molecule has 1 aromatic carbocycles. The fraction of sp³-hybridized carbons (Fsp3) is 0.333. The molecular weight excluding hydrogens is 308 g/mol. The number of thiazole rings is 1. The lowest BCUT2D eigenvalue weighted by Gasteiger charge is -2.15. The van der Waals surface area contributed by atoms with Crippen molar-refractivity contribution in [2.24, 2.45) is 5.92 Å². The van der Waals surface area contributed by atoms with Gasteiger partial charge in [0.15, 0.2) is 11.5 Å². The molecule has 118 valence electrons. The van der Waals surface area contributed by atoms with Gasteiger partial charge in [-0.15, -0.1) is 11.3 Å². The summed E-state index contributed by atoms with van der Waals surface area (Å²) < 4.78 is 5.11. The molecule has 1 atom stereocenters. The number of rotatable bonds is 3. The number of ether oxygens (including phenoxy) is 1. The second kappa shape index (κ2) is 6.43. The lowest BCUT2D eigenvalue weighted by Crippen LogP contribution is -2.09. The molecule has 3 rings (SSSR count). The average molecular weight is 326 g/mol. The van der Waals surface area contributed by atoms with Gasteiger partial charge in [-0.1, -0.05) is 13.0 Å². The number of phenolic OH excluding ortho intramolecular Hbond substituents is 1. The van der Waals surface area contributed by atoms with E-state index in [0.717, 1.165) is 35.5 Å². The van der Waals surface area contributed by atoms with Crippen LogP contribution in [0.2, 0.25) is 0 Å². The predicted octanol–water partition coefficient (Wildman–Crippen LogP) is 4.05. The van der Waals surface area contributed by atoms with E-state index in [1.807, 2.05) is 0 Å². The van der Waals surface area contributed by atoms with Crippen LogP contribution in [0.25, 0.3) is 11.6 Å². The van der Waals surface area contributed by atoms with Crippen LogP contribution in [0.3, 0.4) is 0 Å². The summed E-state index contributed by atoms with van der Waals surface area (Å²) in [6.07, 6.45) is 5.00. The highest BCUT2D eigenvalue weighted by molar-refractivity contribution is 7.13. The number of nitrogens with zero attached hydrogens (tertiary/aromatic N) is 2. The van der Waals surface area contributed by atoms with Crippen LogP contribution in [-0.2, 0) is 12.8 Å². The van der Waals surface area contributed by atoms with Gasteiger partial charge in [-0.05, 0) is 49.0 Å². The molecule has 0 saturated carbocycles. The van der Waals surface area contributed by atoms with E-state index in [9.17, 15) is 10.4 Å². The number of phenols is 1. The van der Waals surface area contributed by atoms with Gasteiger partial charge in [-0.3, -0.25) is 0 Å². The van der Waals surface area contributed by atoms with Gasteiger partial charge in [0, 0.05) is 4.88 Å². The fourth-order valence-corrected chi connectivity index (χ4v) is 3.98. The standard InChI is InChI=1S/C18H18N2O2S/c1-11-3-5-14-17(7-11)23-18(20-14)13(10-19)8-12-4-6-15(21)16(9-12)22-2/h4,6,8-9,11,21H,3,5,7H2,1-2H3. The summed E-state index contributed by atoms with van der Waals surface area (Å²) in [7, 11) is 1.50. The smallest absolute Gasteiger partial charge is 0.161 e. The Morgan fingerprint density at radius 1 is 1.52 bits per heavy atom. The topological polar surface area (TPSA) is 66.1 Å². The number of fused-ring (bicyclic) bond motifs is 1. The van der Waals surface area contributed by atoms with E-state index in [0.29, 0.717) is 17.2 Å². The number of methoxy groups -OCH3 is 1. The average Bonchev–Trinajstić information content (AvgIpc) is 2.96. The Hall–Kier alpha value is -2.32. The van der Waals surface area contributed by atoms with Crippen LogP contribution < -0.4 is 4.74 Å². The highest BCUT2D eigenvalue weighted by Gasteiger charge is 2.21. The number of benzene rings is 1. The maximum Gasteiger partial charge on any atom is 0.161 e.